The number of thiophene rings is 2. The summed E-state index contributed by atoms with van der Waals surface area (Å²) >= 11 is 3.48. The minimum absolute atomic E-state index is 0.0780. The highest BCUT2D eigenvalue weighted by Crippen LogP contribution is 2.44. The number of alkyl carbamates (subject to hydrolysis) is 1. The molecule has 4 aromatic heterocycles. The van der Waals surface area contributed by atoms with E-state index in [1.807, 2.05) is 31.1 Å². The Kier molecular flexibility index (Phi) is 8.19. The molecule has 2 aliphatic rings. The van der Waals surface area contributed by atoms with Crippen LogP contribution >= 0.6 is 22.7 Å². The van der Waals surface area contributed by atoms with Crippen molar-refractivity contribution >= 4 is 44.1 Å². The zero-order valence-corrected chi connectivity index (χ0v) is 27.2. The summed E-state index contributed by atoms with van der Waals surface area (Å²) < 4.78 is 7.23. The van der Waals surface area contributed by atoms with Crippen LogP contribution < -0.4 is 10.6 Å². The van der Waals surface area contributed by atoms with Crippen molar-refractivity contribution in [1.82, 2.24) is 35.5 Å². The van der Waals surface area contributed by atoms with Crippen molar-refractivity contribution in [2.75, 3.05) is 20.2 Å². The molecule has 234 valence electrons. The van der Waals surface area contributed by atoms with Crippen molar-refractivity contribution in [1.29, 1.82) is 0 Å². The van der Waals surface area contributed by atoms with Gasteiger partial charge in [0.05, 0.1) is 52.4 Å². The van der Waals surface area contributed by atoms with Gasteiger partial charge in [-0.25, -0.2) is 14.8 Å². The quantitative estimate of drug-likeness (QED) is 0.146. The molecule has 0 radical (unpaired) electrons. The lowest BCUT2D eigenvalue weighted by Gasteiger charge is -2.30. The van der Waals surface area contributed by atoms with Crippen LogP contribution in [-0.2, 0) is 9.53 Å². The van der Waals surface area contributed by atoms with Gasteiger partial charge in [-0.3, -0.25) is 4.79 Å². The van der Waals surface area contributed by atoms with Crippen molar-refractivity contribution in [3.63, 3.8) is 0 Å². The third-order valence-corrected chi connectivity index (χ3v) is 11.1. The number of carbonyl (C=O) groups is 2. The number of aromatic nitrogens is 4. The number of amides is 2. The van der Waals surface area contributed by atoms with Crippen molar-refractivity contribution in [2.24, 2.45) is 5.92 Å². The Balaban J connectivity index is 1.09. The van der Waals surface area contributed by atoms with E-state index in [2.05, 4.69) is 60.6 Å². The Morgan fingerprint density at radius 3 is 2.36 bits per heavy atom. The number of aromatic amines is 2. The minimum atomic E-state index is -0.659. The van der Waals surface area contributed by atoms with Gasteiger partial charge in [0.25, 0.3) is 0 Å². The zero-order valence-electron chi connectivity index (χ0n) is 25.6. The first kappa shape index (κ1) is 29.7. The van der Waals surface area contributed by atoms with Crippen LogP contribution in [0.15, 0.2) is 47.4 Å². The number of nitrogens with zero attached hydrogens (tertiary/aromatic N) is 3. The van der Waals surface area contributed by atoms with E-state index in [0.29, 0.717) is 12.6 Å². The van der Waals surface area contributed by atoms with Crippen LogP contribution in [0.5, 0.6) is 0 Å². The highest BCUT2D eigenvalue weighted by Gasteiger charge is 2.37. The summed E-state index contributed by atoms with van der Waals surface area (Å²) in [6.45, 7) is 5.51. The lowest BCUT2D eigenvalue weighted by molar-refractivity contribution is -0.135. The molecule has 0 spiro atoms. The van der Waals surface area contributed by atoms with Crippen LogP contribution in [0, 0.1) is 5.92 Å². The Morgan fingerprint density at radius 2 is 1.62 bits per heavy atom. The lowest BCUT2D eigenvalue weighted by Crippen LogP contribution is -2.51. The van der Waals surface area contributed by atoms with Gasteiger partial charge in [-0.15, -0.1) is 22.7 Å². The molecule has 5 aromatic rings. The van der Waals surface area contributed by atoms with Crippen molar-refractivity contribution < 1.29 is 14.3 Å². The molecular weight excluding hydrogens is 607 g/mol. The van der Waals surface area contributed by atoms with Gasteiger partial charge in [-0.2, -0.15) is 0 Å². The number of rotatable bonds is 8. The summed E-state index contributed by atoms with van der Waals surface area (Å²) in [7, 11) is 1.31. The van der Waals surface area contributed by atoms with Gasteiger partial charge in [0.1, 0.15) is 17.7 Å². The summed E-state index contributed by atoms with van der Waals surface area (Å²) in [6, 6.07) is 8.18. The molecule has 4 N–H and O–H groups in total. The fourth-order valence-corrected chi connectivity index (χ4v) is 8.89. The van der Waals surface area contributed by atoms with Crippen molar-refractivity contribution in [3.05, 3.63) is 59.1 Å². The maximum absolute atomic E-state index is 13.5. The van der Waals surface area contributed by atoms with E-state index >= 15 is 0 Å². The number of hydrogen-bond donors (Lipinski definition) is 4. The third kappa shape index (κ3) is 5.66. The summed E-state index contributed by atoms with van der Waals surface area (Å²) in [6.07, 6.45) is 7.21. The average molecular weight is 644 g/mol. The molecule has 3 unspecified atom stereocenters. The van der Waals surface area contributed by atoms with E-state index in [1.165, 1.54) is 34.1 Å². The first-order chi connectivity index (χ1) is 21.9. The number of likely N-dealkylation sites (tertiary alicyclic amines) is 1. The van der Waals surface area contributed by atoms with Crippen LogP contribution in [0.2, 0.25) is 0 Å². The van der Waals surface area contributed by atoms with Gasteiger partial charge in [0.15, 0.2) is 0 Å². The van der Waals surface area contributed by atoms with Gasteiger partial charge in [0.2, 0.25) is 5.91 Å². The third-order valence-electron chi connectivity index (χ3n) is 8.91. The monoisotopic (exact) mass is 643 g/mol. The summed E-state index contributed by atoms with van der Waals surface area (Å²) in [4.78, 5) is 43.7. The second kappa shape index (κ2) is 12.4. The highest BCUT2D eigenvalue weighted by atomic mass is 32.1. The topological polar surface area (TPSA) is 128 Å². The Bertz CT molecular complexity index is 1810. The van der Waals surface area contributed by atoms with Crippen LogP contribution in [0.4, 0.5) is 4.79 Å². The van der Waals surface area contributed by atoms with Gasteiger partial charge in [0, 0.05) is 28.4 Å². The van der Waals surface area contributed by atoms with Crippen LogP contribution in [0.3, 0.4) is 0 Å². The second-order valence-corrected chi connectivity index (χ2v) is 13.9. The average Bonchev–Trinajstić information content (AvgIpc) is 3.87. The standard InChI is InChI=1S/C33H37N7O3S2/c1-18(2)27(39-33(42)43-3)32(41)40-13-5-7-26(40)31-36-15-25(38-31)22-17-45-28-21(16-44-29(22)28)19-8-10-20(11-9-19)24-14-35-30(37-24)23-6-4-12-34-23/h8-11,14-18,23,26-27,34H,4-7,12-13H2,1-3H3,(H,35,37)(H,36,38)(H,39,42). The maximum Gasteiger partial charge on any atom is 0.407 e. The smallest absolute Gasteiger partial charge is 0.407 e. The Hall–Kier alpha value is -4.00. The number of hydrogen-bond acceptors (Lipinski definition) is 8. The number of nitrogens with one attached hydrogen (secondary N) is 4. The minimum Gasteiger partial charge on any atom is -0.453 e. The molecule has 2 saturated heterocycles. The molecule has 2 aliphatic heterocycles. The van der Waals surface area contributed by atoms with Gasteiger partial charge in [-0.05, 0) is 49.3 Å². The Labute approximate surface area is 269 Å². The second-order valence-electron chi connectivity index (χ2n) is 12.1. The first-order valence-electron chi connectivity index (χ1n) is 15.5. The SMILES string of the molecule is COC(=O)NC(C(=O)N1CCCC1c1ncc(-c2csc3c(-c4ccc(-c5cnc(C6CCCN6)[nH]5)cc4)csc23)[nH]1)C(C)C. The van der Waals surface area contributed by atoms with E-state index < -0.39 is 12.1 Å². The molecule has 1 aromatic carbocycles. The van der Waals surface area contributed by atoms with Gasteiger partial charge >= 0.3 is 6.09 Å². The molecule has 0 bridgehead atoms. The molecule has 7 rings (SSSR count). The lowest BCUT2D eigenvalue weighted by atomic mass is 10.0. The van der Waals surface area contributed by atoms with Crippen LogP contribution in [0.25, 0.3) is 43.0 Å². The molecule has 45 heavy (non-hydrogen) atoms. The number of ether oxygens (including phenoxy) is 1. The van der Waals surface area contributed by atoms with E-state index in [-0.39, 0.29) is 17.9 Å². The number of imidazole rings is 2. The fourth-order valence-electron chi connectivity index (χ4n) is 6.45. The molecule has 0 saturated carbocycles. The molecule has 6 heterocycles. The predicted octanol–water partition coefficient (Wildman–Crippen LogP) is 6.88. The van der Waals surface area contributed by atoms with E-state index in [1.54, 1.807) is 22.7 Å². The van der Waals surface area contributed by atoms with Crippen molar-refractivity contribution in [3.8, 4) is 33.6 Å². The molecule has 2 amide bonds. The van der Waals surface area contributed by atoms with Gasteiger partial charge < -0.3 is 30.2 Å². The summed E-state index contributed by atoms with van der Waals surface area (Å²) in [5.41, 5.74) is 6.63. The predicted molar refractivity (Wildman–Crippen MR) is 178 cm³/mol. The molecule has 10 nitrogen and oxygen atoms in total. The first-order valence-corrected chi connectivity index (χ1v) is 17.2. The molecule has 2 fully saturated rings. The van der Waals surface area contributed by atoms with E-state index in [9.17, 15) is 9.59 Å². The van der Waals surface area contributed by atoms with E-state index in [0.717, 1.165) is 60.0 Å². The summed E-state index contributed by atoms with van der Waals surface area (Å²) in [5, 5.41) is 10.6. The van der Waals surface area contributed by atoms with Crippen LogP contribution in [-0.4, -0.2) is 63.1 Å². The Morgan fingerprint density at radius 1 is 0.933 bits per heavy atom. The summed E-state index contributed by atoms with van der Waals surface area (Å²) in [5.74, 6) is 1.60. The number of methoxy groups -OCH3 is 1. The molecule has 0 aliphatic carbocycles. The van der Waals surface area contributed by atoms with Crippen LogP contribution in [0.1, 0.15) is 63.3 Å². The fraction of sp³-hybridized carbons (Fsp3) is 0.394. The molecule has 3 atom stereocenters. The number of benzene rings is 1. The zero-order chi connectivity index (χ0) is 31.1. The van der Waals surface area contributed by atoms with E-state index in [4.69, 9.17) is 9.72 Å². The number of carbonyl (C=O) groups excluding carboxylic acids is 2. The molecular formula is C33H37N7O3S2. The number of fused-ring (bicyclic) bond motifs is 1. The van der Waals surface area contributed by atoms with Gasteiger partial charge in [-0.1, -0.05) is 38.1 Å². The normalized spacial score (nSPS) is 19.1. The van der Waals surface area contributed by atoms with Crippen molar-refractivity contribution in [2.45, 2.75) is 57.7 Å². The molecule has 12 heteroatoms. The number of H-pyrrole nitrogens is 2. The largest absolute Gasteiger partial charge is 0.453 e. The highest BCUT2D eigenvalue weighted by molar-refractivity contribution is 7.27. The maximum atomic E-state index is 13.5.